The van der Waals surface area contributed by atoms with Gasteiger partial charge in [-0.25, -0.2) is 4.98 Å². The fourth-order valence-electron chi connectivity index (χ4n) is 1.58. The summed E-state index contributed by atoms with van der Waals surface area (Å²) in [7, 11) is 0. The molecule has 1 N–H and O–H groups in total. The fraction of sp³-hybridized carbons (Fsp3) is 0.364. The zero-order valence-corrected chi connectivity index (χ0v) is 9.50. The van der Waals surface area contributed by atoms with Gasteiger partial charge in [0.1, 0.15) is 4.60 Å². The highest BCUT2D eigenvalue weighted by atomic mass is 79.9. The van der Waals surface area contributed by atoms with Gasteiger partial charge in [-0.05, 0) is 40.9 Å². The Kier molecular flexibility index (Phi) is 3.32. The first-order chi connectivity index (χ1) is 6.84. The third-order valence-electron chi connectivity index (χ3n) is 2.35. The summed E-state index contributed by atoms with van der Waals surface area (Å²) in [5, 5.41) is 3.48. The molecule has 1 aliphatic carbocycles. The van der Waals surface area contributed by atoms with Gasteiger partial charge in [0.15, 0.2) is 0 Å². The average molecular weight is 253 g/mol. The van der Waals surface area contributed by atoms with Crippen LogP contribution in [-0.2, 0) is 6.54 Å². The van der Waals surface area contributed by atoms with Crippen LogP contribution in [0, 0.1) is 0 Å². The van der Waals surface area contributed by atoms with Gasteiger partial charge in [0, 0.05) is 12.6 Å². The van der Waals surface area contributed by atoms with Crippen molar-refractivity contribution in [2.45, 2.75) is 25.4 Å². The van der Waals surface area contributed by atoms with Gasteiger partial charge in [0.2, 0.25) is 0 Å². The SMILES string of the molecule is Brc1cccc(CNC2CC=CC2)n1. The van der Waals surface area contributed by atoms with Gasteiger partial charge in [-0.2, -0.15) is 0 Å². The van der Waals surface area contributed by atoms with E-state index in [0.29, 0.717) is 6.04 Å². The van der Waals surface area contributed by atoms with Gasteiger partial charge in [-0.3, -0.25) is 0 Å². The third kappa shape index (κ3) is 2.66. The molecule has 0 saturated heterocycles. The van der Waals surface area contributed by atoms with Crippen LogP contribution in [0.15, 0.2) is 35.0 Å². The molecule has 0 aromatic carbocycles. The van der Waals surface area contributed by atoms with Crippen molar-refractivity contribution >= 4 is 15.9 Å². The predicted octanol–water partition coefficient (Wildman–Crippen LogP) is 2.65. The van der Waals surface area contributed by atoms with Crippen molar-refractivity contribution in [3.63, 3.8) is 0 Å². The molecule has 74 valence electrons. The molecule has 1 heterocycles. The van der Waals surface area contributed by atoms with Crippen LogP contribution in [0.25, 0.3) is 0 Å². The van der Waals surface area contributed by atoms with E-state index in [-0.39, 0.29) is 0 Å². The van der Waals surface area contributed by atoms with Crippen LogP contribution < -0.4 is 5.32 Å². The number of nitrogens with one attached hydrogen (secondary N) is 1. The molecule has 1 aromatic rings. The normalized spacial score (nSPS) is 16.4. The van der Waals surface area contributed by atoms with E-state index in [0.717, 1.165) is 29.7 Å². The first-order valence-corrected chi connectivity index (χ1v) is 5.64. The number of hydrogen-bond donors (Lipinski definition) is 1. The topological polar surface area (TPSA) is 24.9 Å². The lowest BCUT2D eigenvalue weighted by molar-refractivity contribution is 0.533. The summed E-state index contributed by atoms with van der Waals surface area (Å²) < 4.78 is 0.904. The minimum absolute atomic E-state index is 0.607. The van der Waals surface area contributed by atoms with Crippen molar-refractivity contribution in [2.75, 3.05) is 0 Å². The summed E-state index contributed by atoms with van der Waals surface area (Å²) in [6.45, 7) is 0.853. The van der Waals surface area contributed by atoms with E-state index < -0.39 is 0 Å². The minimum atomic E-state index is 0.607. The minimum Gasteiger partial charge on any atom is -0.308 e. The van der Waals surface area contributed by atoms with Crippen molar-refractivity contribution in [1.82, 2.24) is 10.3 Å². The molecular formula is C11H13BrN2. The van der Waals surface area contributed by atoms with E-state index in [2.05, 4.69) is 38.4 Å². The molecule has 1 aromatic heterocycles. The molecule has 1 aliphatic rings. The van der Waals surface area contributed by atoms with Crippen LogP contribution in [0.4, 0.5) is 0 Å². The lowest BCUT2D eigenvalue weighted by Crippen LogP contribution is -2.26. The first-order valence-electron chi connectivity index (χ1n) is 4.84. The maximum Gasteiger partial charge on any atom is 0.106 e. The molecule has 0 saturated carbocycles. The van der Waals surface area contributed by atoms with Crippen LogP contribution >= 0.6 is 15.9 Å². The third-order valence-corrected chi connectivity index (χ3v) is 2.79. The maximum atomic E-state index is 4.37. The van der Waals surface area contributed by atoms with Crippen LogP contribution in [0.5, 0.6) is 0 Å². The van der Waals surface area contributed by atoms with Crippen molar-refractivity contribution in [3.8, 4) is 0 Å². The molecule has 2 nitrogen and oxygen atoms in total. The number of nitrogens with zero attached hydrogens (tertiary/aromatic N) is 1. The van der Waals surface area contributed by atoms with E-state index in [1.807, 2.05) is 18.2 Å². The van der Waals surface area contributed by atoms with E-state index in [1.54, 1.807) is 0 Å². The summed E-state index contributed by atoms with van der Waals surface area (Å²) in [6, 6.07) is 6.61. The van der Waals surface area contributed by atoms with Crippen LogP contribution in [-0.4, -0.2) is 11.0 Å². The first kappa shape index (κ1) is 9.87. The fourth-order valence-corrected chi connectivity index (χ4v) is 1.96. The van der Waals surface area contributed by atoms with E-state index in [1.165, 1.54) is 0 Å². The quantitative estimate of drug-likeness (QED) is 0.661. The van der Waals surface area contributed by atoms with E-state index in [9.17, 15) is 0 Å². The summed E-state index contributed by atoms with van der Waals surface area (Å²) >= 11 is 3.36. The molecule has 3 heteroatoms. The smallest absolute Gasteiger partial charge is 0.106 e. The van der Waals surface area contributed by atoms with Crippen molar-refractivity contribution < 1.29 is 0 Å². The Morgan fingerprint density at radius 1 is 1.36 bits per heavy atom. The van der Waals surface area contributed by atoms with E-state index in [4.69, 9.17) is 0 Å². The number of rotatable bonds is 3. The largest absolute Gasteiger partial charge is 0.308 e. The molecule has 0 atom stereocenters. The van der Waals surface area contributed by atoms with Gasteiger partial charge < -0.3 is 5.32 Å². The van der Waals surface area contributed by atoms with Gasteiger partial charge >= 0.3 is 0 Å². The maximum absolute atomic E-state index is 4.37. The monoisotopic (exact) mass is 252 g/mol. The zero-order chi connectivity index (χ0) is 9.80. The van der Waals surface area contributed by atoms with Gasteiger partial charge in [0.05, 0.1) is 5.69 Å². The van der Waals surface area contributed by atoms with Gasteiger partial charge in [0.25, 0.3) is 0 Å². The summed E-state index contributed by atoms with van der Waals surface area (Å²) in [5.74, 6) is 0. The Labute approximate surface area is 92.6 Å². The zero-order valence-electron chi connectivity index (χ0n) is 7.91. The Morgan fingerprint density at radius 2 is 2.14 bits per heavy atom. The van der Waals surface area contributed by atoms with E-state index >= 15 is 0 Å². The molecule has 0 fully saturated rings. The summed E-state index contributed by atoms with van der Waals surface area (Å²) in [4.78, 5) is 4.37. The standard InChI is InChI=1S/C11H13BrN2/c12-11-7-3-6-10(14-11)8-13-9-4-1-2-5-9/h1-3,6-7,9,13H,4-5,8H2. The van der Waals surface area contributed by atoms with Crippen molar-refractivity contribution in [3.05, 3.63) is 40.6 Å². The van der Waals surface area contributed by atoms with Crippen LogP contribution in [0.3, 0.4) is 0 Å². The molecule has 0 spiro atoms. The second-order valence-corrected chi connectivity index (χ2v) is 4.28. The second-order valence-electron chi connectivity index (χ2n) is 3.47. The van der Waals surface area contributed by atoms with Crippen molar-refractivity contribution in [2.24, 2.45) is 0 Å². The number of halogens is 1. The molecule has 2 rings (SSSR count). The highest BCUT2D eigenvalue weighted by molar-refractivity contribution is 9.10. The predicted molar refractivity (Wildman–Crippen MR) is 60.9 cm³/mol. The van der Waals surface area contributed by atoms with Crippen molar-refractivity contribution in [1.29, 1.82) is 0 Å². The van der Waals surface area contributed by atoms with Gasteiger partial charge in [-0.1, -0.05) is 18.2 Å². The highest BCUT2D eigenvalue weighted by Gasteiger charge is 2.08. The van der Waals surface area contributed by atoms with Crippen LogP contribution in [0.2, 0.25) is 0 Å². The Balaban J connectivity index is 1.85. The van der Waals surface area contributed by atoms with Gasteiger partial charge in [-0.15, -0.1) is 0 Å². The Bertz CT molecular complexity index is 328. The second kappa shape index (κ2) is 4.71. The summed E-state index contributed by atoms with van der Waals surface area (Å²) in [5.41, 5.74) is 1.09. The Hall–Kier alpha value is -0.670. The molecule has 0 amide bonds. The lowest BCUT2D eigenvalue weighted by Gasteiger charge is -2.11. The average Bonchev–Trinajstić information content (AvgIpc) is 2.67. The molecule has 0 aliphatic heterocycles. The van der Waals surface area contributed by atoms with Crippen LogP contribution in [0.1, 0.15) is 18.5 Å². The number of aromatic nitrogens is 1. The Morgan fingerprint density at radius 3 is 2.86 bits per heavy atom. The summed E-state index contributed by atoms with van der Waals surface area (Å²) in [6.07, 6.45) is 6.75. The highest BCUT2D eigenvalue weighted by Crippen LogP contribution is 2.11. The number of pyridine rings is 1. The lowest BCUT2D eigenvalue weighted by atomic mass is 10.2. The molecule has 0 unspecified atom stereocenters. The number of hydrogen-bond acceptors (Lipinski definition) is 2. The molecular weight excluding hydrogens is 240 g/mol. The molecule has 0 radical (unpaired) electrons. The molecule has 14 heavy (non-hydrogen) atoms. The molecule has 0 bridgehead atoms.